The second-order valence-corrected chi connectivity index (χ2v) is 8.45. The van der Waals surface area contributed by atoms with Crippen molar-refractivity contribution in [1.29, 1.82) is 0 Å². The number of amides is 2. The number of nitrogens with one attached hydrogen (secondary N) is 1. The van der Waals surface area contributed by atoms with E-state index in [0.717, 1.165) is 0 Å². The van der Waals surface area contributed by atoms with Gasteiger partial charge in [-0.15, -0.1) is 0 Å². The Hall–Kier alpha value is -1.79. The second kappa shape index (κ2) is 10.4. The van der Waals surface area contributed by atoms with Crippen LogP contribution in [0.3, 0.4) is 0 Å². The number of methoxy groups -OCH3 is 1. The highest BCUT2D eigenvalue weighted by Gasteiger charge is 2.34. The molecule has 0 aromatic rings. The van der Waals surface area contributed by atoms with Gasteiger partial charge in [0.05, 0.1) is 7.11 Å². The fourth-order valence-corrected chi connectivity index (χ4v) is 2.54. The number of carbonyl (C=O) groups excluding carboxylic acids is 3. The Labute approximate surface area is 157 Å². The van der Waals surface area contributed by atoms with Gasteiger partial charge in [-0.3, -0.25) is 4.79 Å². The van der Waals surface area contributed by atoms with E-state index in [1.54, 1.807) is 27.8 Å². The number of alkyl carbamates (subject to hydrolysis) is 1. The Morgan fingerprint density at radius 2 is 1.50 bits per heavy atom. The van der Waals surface area contributed by atoms with Gasteiger partial charge in [-0.25, -0.2) is 9.59 Å². The highest BCUT2D eigenvalue weighted by molar-refractivity contribution is 5.89. The van der Waals surface area contributed by atoms with Crippen molar-refractivity contribution in [3.05, 3.63) is 0 Å². The van der Waals surface area contributed by atoms with Gasteiger partial charge in [0.25, 0.3) is 0 Å². The molecule has 0 aromatic heterocycles. The van der Waals surface area contributed by atoms with E-state index in [-0.39, 0.29) is 17.7 Å². The molecule has 0 aliphatic rings. The molecule has 2 atom stereocenters. The van der Waals surface area contributed by atoms with E-state index >= 15 is 0 Å². The summed E-state index contributed by atoms with van der Waals surface area (Å²) in [6.07, 6.45) is 0.275. The molecule has 0 unspecified atom stereocenters. The first-order chi connectivity index (χ1) is 11.8. The summed E-state index contributed by atoms with van der Waals surface area (Å²) >= 11 is 0. The second-order valence-electron chi connectivity index (χ2n) is 8.45. The summed E-state index contributed by atoms with van der Waals surface area (Å²) in [6, 6.07) is -1.46. The zero-order chi connectivity index (χ0) is 20.7. The van der Waals surface area contributed by atoms with Gasteiger partial charge in [0.2, 0.25) is 5.91 Å². The zero-order valence-corrected chi connectivity index (χ0v) is 17.7. The largest absolute Gasteiger partial charge is 0.467 e. The number of hydrogen-bond donors (Lipinski definition) is 1. The number of esters is 1. The van der Waals surface area contributed by atoms with Crippen LogP contribution in [-0.2, 0) is 19.1 Å². The third-order valence-corrected chi connectivity index (χ3v) is 3.68. The van der Waals surface area contributed by atoms with E-state index in [4.69, 9.17) is 9.47 Å². The summed E-state index contributed by atoms with van der Waals surface area (Å²) in [7, 11) is 2.87. The minimum atomic E-state index is -0.769. The van der Waals surface area contributed by atoms with Crippen LogP contribution in [0.5, 0.6) is 0 Å². The van der Waals surface area contributed by atoms with E-state index < -0.39 is 29.7 Å². The third kappa shape index (κ3) is 9.06. The Kier molecular flexibility index (Phi) is 9.67. The lowest BCUT2D eigenvalue weighted by molar-refractivity contribution is -0.153. The summed E-state index contributed by atoms with van der Waals surface area (Å²) in [5.41, 5.74) is -0.659. The van der Waals surface area contributed by atoms with Crippen molar-refractivity contribution in [2.75, 3.05) is 14.2 Å². The monoisotopic (exact) mass is 372 g/mol. The molecular formula is C19H36N2O5. The van der Waals surface area contributed by atoms with Crippen LogP contribution in [0.1, 0.15) is 61.3 Å². The maximum absolute atomic E-state index is 13.0. The number of carbonyl (C=O) groups is 3. The molecule has 0 aliphatic carbocycles. The third-order valence-electron chi connectivity index (χ3n) is 3.68. The molecule has 152 valence electrons. The number of nitrogens with zero attached hydrogens (tertiary/aromatic N) is 1. The van der Waals surface area contributed by atoms with Crippen LogP contribution in [-0.4, -0.2) is 54.7 Å². The van der Waals surface area contributed by atoms with Gasteiger partial charge in [-0.1, -0.05) is 27.7 Å². The van der Waals surface area contributed by atoms with Crippen molar-refractivity contribution >= 4 is 18.0 Å². The van der Waals surface area contributed by atoms with Gasteiger partial charge < -0.3 is 19.7 Å². The minimum absolute atomic E-state index is 0.175. The topological polar surface area (TPSA) is 84.9 Å². The van der Waals surface area contributed by atoms with Crippen molar-refractivity contribution in [2.45, 2.75) is 79.0 Å². The van der Waals surface area contributed by atoms with Crippen LogP contribution >= 0.6 is 0 Å². The molecule has 0 fully saturated rings. The molecule has 0 heterocycles. The molecule has 1 N–H and O–H groups in total. The van der Waals surface area contributed by atoms with Gasteiger partial charge in [0.15, 0.2) is 0 Å². The lowest BCUT2D eigenvalue weighted by Gasteiger charge is -2.32. The van der Waals surface area contributed by atoms with E-state index in [9.17, 15) is 14.4 Å². The lowest BCUT2D eigenvalue weighted by Crippen LogP contribution is -2.53. The van der Waals surface area contributed by atoms with Crippen LogP contribution in [0.2, 0.25) is 0 Å². The zero-order valence-electron chi connectivity index (χ0n) is 17.7. The average molecular weight is 373 g/mol. The SMILES string of the molecule is COC(=O)[C@H](CC(C)C)N(C)C(=O)[C@@H](CC(C)C)NC(=O)OC(C)(C)C. The molecular weight excluding hydrogens is 336 g/mol. The summed E-state index contributed by atoms with van der Waals surface area (Å²) in [5.74, 6) is -0.415. The normalized spacial score (nSPS) is 14.0. The van der Waals surface area contributed by atoms with Crippen LogP contribution < -0.4 is 5.32 Å². The van der Waals surface area contributed by atoms with E-state index in [2.05, 4.69) is 5.32 Å². The predicted octanol–water partition coefficient (Wildman–Crippen LogP) is 2.97. The molecule has 26 heavy (non-hydrogen) atoms. The molecule has 0 bridgehead atoms. The van der Waals surface area contributed by atoms with Crippen LogP contribution in [0.25, 0.3) is 0 Å². The Morgan fingerprint density at radius 3 is 1.88 bits per heavy atom. The van der Waals surface area contributed by atoms with Gasteiger partial charge in [-0.05, 0) is 45.4 Å². The molecule has 0 spiro atoms. The molecule has 7 nitrogen and oxygen atoms in total. The Bertz CT molecular complexity index is 483. The van der Waals surface area contributed by atoms with Gasteiger partial charge in [0, 0.05) is 7.05 Å². The Balaban J connectivity index is 5.35. The number of likely N-dealkylation sites (N-methyl/N-ethyl adjacent to an activating group) is 1. The standard InChI is InChI=1S/C19H36N2O5/c1-12(2)10-14(20-18(24)26-19(5,6)7)16(22)21(8)15(11-13(3)4)17(23)25-9/h12-15H,10-11H2,1-9H3,(H,20,24)/t14-,15+/m1/s1. The molecule has 0 rings (SSSR count). The van der Waals surface area contributed by atoms with Crippen LogP contribution in [0, 0.1) is 11.8 Å². The predicted molar refractivity (Wildman–Crippen MR) is 101 cm³/mol. The Morgan fingerprint density at radius 1 is 1.00 bits per heavy atom. The van der Waals surface area contributed by atoms with Crippen molar-refractivity contribution in [1.82, 2.24) is 10.2 Å². The first-order valence-corrected chi connectivity index (χ1v) is 9.12. The highest BCUT2D eigenvalue weighted by Crippen LogP contribution is 2.16. The fraction of sp³-hybridized carbons (Fsp3) is 0.842. The smallest absolute Gasteiger partial charge is 0.408 e. The first-order valence-electron chi connectivity index (χ1n) is 9.12. The van der Waals surface area contributed by atoms with Crippen molar-refractivity contribution < 1.29 is 23.9 Å². The number of rotatable bonds is 8. The number of hydrogen-bond acceptors (Lipinski definition) is 5. The van der Waals surface area contributed by atoms with Gasteiger partial charge in [0.1, 0.15) is 17.7 Å². The first kappa shape index (κ1) is 24.2. The number of ether oxygens (including phenoxy) is 2. The maximum Gasteiger partial charge on any atom is 0.408 e. The molecule has 0 saturated heterocycles. The molecule has 0 radical (unpaired) electrons. The molecule has 7 heteroatoms. The van der Waals surface area contributed by atoms with E-state index in [1.807, 2.05) is 27.7 Å². The summed E-state index contributed by atoms with van der Waals surface area (Å²) in [6.45, 7) is 13.1. The average Bonchev–Trinajstić information content (AvgIpc) is 2.47. The van der Waals surface area contributed by atoms with Crippen LogP contribution in [0.4, 0.5) is 4.79 Å². The van der Waals surface area contributed by atoms with Crippen LogP contribution in [0.15, 0.2) is 0 Å². The highest BCUT2D eigenvalue weighted by atomic mass is 16.6. The lowest BCUT2D eigenvalue weighted by atomic mass is 9.99. The summed E-state index contributed by atoms with van der Waals surface area (Å²) in [4.78, 5) is 38.6. The summed E-state index contributed by atoms with van der Waals surface area (Å²) in [5, 5.41) is 2.65. The summed E-state index contributed by atoms with van der Waals surface area (Å²) < 4.78 is 10.1. The minimum Gasteiger partial charge on any atom is -0.467 e. The van der Waals surface area contributed by atoms with Gasteiger partial charge >= 0.3 is 12.1 Å². The molecule has 2 amide bonds. The van der Waals surface area contributed by atoms with Crippen molar-refractivity contribution in [3.63, 3.8) is 0 Å². The van der Waals surface area contributed by atoms with Gasteiger partial charge in [-0.2, -0.15) is 0 Å². The molecule has 0 aromatic carbocycles. The van der Waals surface area contributed by atoms with E-state index in [0.29, 0.717) is 12.8 Å². The molecule has 0 saturated carbocycles. The van der Waals surface area contributed by atoms with Crippen molar-refractivity contribution in [3.8, 4) is 0 Å². The molecule has 0 aliphatic heterocycles. The fourth-order valence-electron chi connectivity index (χ4n) is 2.54. The van der Waals surface area contributed by atoms with Crippen molar-refractivity contribution in [2.24, 2.45) is 11.8 Å². The van der Waals surface area contributed by atoms with E-state index in [1.165, 1.54) is 12.0 Å². The maximum atomic E-state index is 13.0. The quantitative estimate of drug-likeness (QED) is 0.662.